The van der Waals surface area contributed by atoms with Crippen molar-refractivity contribution in [3.05, 3.63) is 63.3 Å². The lowest BCUT2D eigenvalue weighted by atomic mass is 10.1. The van der Waals surface area contributed by atoms with Crippen LogP contribution in [0.4, 0.5) is 0 Å². The Labute approximate surface area is 117 Å². The summed E-state index contributed by atoms with van der Waals surface area (Å²) in [7, 11) is 0. The van der Waals surface area contributed by atoms with E-state index in [1.54, 1.807) is 13.1 Å². The van der Waals surface area contributed by atoms with Crippen LogP contribution in [0.3, 0.4) is 0 Å². The van der Waals surface area contributed by atoms with Crippen molar-refractivity contribution in [1.82, 2.24) is 15.3 Å². The number of nitrogens with one attached hydrogen (secondary N) is 2. The number of carbonyl (C=O) groups excluding carboxylic acids is 1. The summed E-state index contributed by atoms with van der Waals surface area (Å²) in [6, 6.07) is 6.31. The molecule has 0 unspecified atom stereocenters. The van der Waals surface area contributed by atoms with Gasteiger partial charge in [-0.05, 0) is 32.4 Å². The van der Waals surface area contributed by atoms with Gasteiger partial charge in [0, 0.05) is 24.0 Å². The Kier molecular flexibility index (Phi) is 3.98. The second-order valence-electron chi connectivity index (χ2n) is 4.81. The molecule has 0 fully saturated rings. The van der Waals surface area contributed by atoms with Crippen LogP contribution >= 0.6 is 0 Å². The number of rotatable bonds is 3. The molecule has 0 radical (unpaired) electrons. The molecule has 1 atom stereocenters. The van der Waals surface area contributed by atoms with Crippen LogP contribution in [0.15, 0.2) is 35.3 Å². The Hall–Kier alpha value is -2.43. The number of aryl methyl sites for hydroxylation is 2. The number of pyridine rings is 2. The van der Waals surface area contributed by atoms with Crippen molar-refractivity contribution in [3.63, 3.8) is 0 Å². The minimum atomic E-state index is -0.316. The number of H-pyrrole nitrogens is 1. The van der Waals surface area contributed by atoms with Gasteiger partial charge in [-0.15, -0.1) is 0 Å². The normalized spacial score (nSPS) is 11.9. The van der Waals surface area contributed by atoms with Crippen LogP contribution in [0, 0.1) is 13.8 Å². The summed E-state index contributed by atoms with van der Waals surface area (Å²) >= 11 is 0. The van der Waals surface area contributed by atoms with Gasteiger partial charge in [0.15, 0.2) is 5.43 Å². The molecule has 20 heavy (non-hydrogen) atoms. The van der Waals surface area contributed by atoms with Gasteiger partial charge in [0.05, 0.1) is 11.7 Å². The van der Waals surface area contributed by atoms with E-state index in [1.807, 2.05) is 26.0 Å². The molecule has 0 spiro atoms. The molecule has 0 bridgehead atoms. The summed E-state index contributed by atoms with van der Waals surface area (Å²) < 4.78 is 0. The van der Waals surface area contributed by atoms with Gasteiger partial charge < -0.3 is 10.3 Å². The zero-order valence-corrected chi connectivity index (χ0v) is 11.7. The zero-order chi connectivity index (χ0) is 14.7. The quantitative estimate of drug-likeness (QED) is 0.895. The first kappa shape index (κ1) is 14.0. The van der Waals surface area contributed by atoms with Crippen LogP contribution in [-0.4, -0.2) is 15.9 Å². The van der Waals surface area contributed by atoms with Gasteiger partial charge in [-0.2, -0.15) is 0 Å². The molecule has 0 aromatic carbocycles. The molecular formula is C15H17N3O2. The first-order chi connectivity index (χ1) is 9.47. The molecule has 5 heteroatoms. The molecule has 2 aromatic rings. The highest BCUT2D eigenvalue weighted by Crippen LogP contribution is 2.14. The van der Waals surface area contributed by atoms with Crippen LogP contribution in [0.1, 0.15) is 40.4 Å². The van der Waals surface area contributed by atoms with Gasteiger partial charge in [0.1, 0.15) is 5.69 Å². The molecule has 0 saturated heterocycles. The Bertz CT molecular complexity index is 692. The van der Waals surface area contributed by atoms with Gasteiger partial charge in [0.2, 0.25) is 0 Å². The van der Waals surface area contributed by atoms with Gasteiger partial charge in [-0.3, -0.25) is 14.6 Å². The van der Waals surface area contributed by atoms with Gasteiger partial charge in [0.25, 0.3) is 5.91 Å². The first-order valence-corrected chi connectivity index (χ1v) is 6.40. The predicted molar refractivity (Wildman–Crippen MR) is 76.7 cm³/mol. The van der Waals surface area contributed by atoms with E-state index in [0.717, 1.165) is 11.3 Å². The third-order valence-corrected chi connectivity index (χ3v) is 3.03. The maximum atomic E-state index is 12.1. The second kappa shape index (κ2) is 5.69. The van der Waals surface area contributed by atoms with Crippen molar-refractivity contribution >= 4 is 5.91 Å². The number of hydrogen-bond acceptors (Lipinski definition) is 3. The van der Waals surface area contributed by atoms with Gasteiger partial charge >= 0.3 is 0 Å². The van der Waals surface area contributed by atoms with Crippen LogP contribution in [-0.2, 0) is 0 Å². The van der Waals surface area contributed by atoms with Crippen molar-refractivity contribution in [1.29, 1.82) is 0 Å². The lowest BCUT2D eigenvalue weighted by Gasteiger charge is -2.15. The summed E-state index contributed by atoms with van der Waals surface area (Å²) in [6.07, 6.45) is 1.69. The smallest absolute Gasteiger partial charge is 0.268 e. The minimum absolute atomic E-state index is 0.187. The van der Waals surface area contributed by atoms with Crippen LogP contribution in [0.25, 0.3) is 0 Å². The first-order valence-electron chi connectivity index (χ1n) is 6.40. The van der Waals surface area contributed by atoms with Crippen molar-refractivity contribution in [2.45, 2.75) is 26.8 Å². The number of hydrogen-bond donors (Lipinski definition) is 2. The van der Waals surface area contributed by atoms with E-state index >= 15 is 0 Å². The molecular weight excluding hydrogens is 254 g/mol. The second-order valence-corrected chi connectivity index (χ2v) is 4.81. The van der Waals surface area contributed by atoms with E-state index in [0.29, 0.717) is 5.69 Å². The molecule has 0 aliphatic heterocycles. The molecule has 1 amide bonds. The van der Waals surface area contributed by atoms with Crippen molar-refractivity contribution in [2.75, 3.05) is 0 Å². The van der Waals surface area contributed by atoms with E-state index in [1.165, 1.54) is 12.1 Å². The fourth-order valence-corrected chi connectivity index (χ4v) is 2.10. The molecule has 104 valence electrons. The summed E-state index contributed by atoms with van der Waals surface area (Å²) in [5, 5.41) is 2.84. The summed E-state index contributed by atoms with van der Waals surface area (Å²) in [5.74, 6) is -0.316. The standard InChI is InChI=1S/C15H17N3O2/c1-9-5-4-6-16-14(9)11(3)18-15(20)13-8-12(19)7-10(2)17-13/h4-8,11H,1-3H3,(H,17,19)(H,18,20)/t11-/m1/s1. The molecule has 0 saturated carbocycles. The molecule has 5 nitrogen and oxygen atoms in total. The average Bonchev–Trinajstić information content (AvgIpc) is 2.37. The third-order valence-electron chi connectivity index (χ3n) is 3.03. The van der Waals surface area contributed by atoms with Crippen LogP contribution in [0.2, 0.25) is 0 Å². The SMILES string of the molecule is Cc1cc(=O)cc(C(=O)N[C@H](C)c2ncccc2C)[nH]1. The fraction of sp³-hybridized carbons (Fsp3) is 0.267. The summed E-state index contributed by atoms with van der Waals surface area (Å²) in [6.45, 7) is 5.55. The van der Waals surface area contributed by atoms with Crippen molar-refractivity contribution < 1.29 is 4.79 Å². The minimum Gasteiger partial charge on any atom is -0.354 e. The highest BCUT2D eigenvalue weighted by molar-refractivity contribution is 5.92. The highest BCUT2D eigenvalue weighted by Gasteiger charge is 2.14. The van der Waals surface area contributed by atoms with Crippen LogP contribution in [0.5, 0.6) is 0 Å². The lowest BCUT2D eigenvalue weighted by Crippen LogP contribution is -2.29. The van der Waals surface area contributed by atoms with Crippen LogP contribution < -0.4 is 10.7 Å². The average molecular weight is 271 g/mol. The van der Waals surface area contributed by atoms with Crippen molar-refractivity contribution in [2.24, 2.45) is 0 Å². The topological polar surface area (TPSA) is 74.8 Å². The van der Waals surface area contributed by atoms with Gasteiger partial charge in [-0.1, -0.05) is 6.07 Å². The Morgan fingerprint density at radius 1 is 1.35 bits per heavy atom. The maximum Gasteiger partial charge on any atom is 0.268 e. The molecule has 0 aliphatic carbocycles. The number of aromatic nitrogens is 2. The van der Waals surface area contributed by atoms with E-state index in [4.69, 9.17) is 0 Å². The Morgan fingerprint density at radius 2 is 2.10 bits per heavy atom. The Balaban J connectivity index is 2.19. The Morgan fingerprint density at radius 3 is 2.75 bits per heavy atom. The monoisotopic (exact) mass is 271 g/mol. The zero-order valence-electron chi connectivity index (χ0n) is 11.7. The van der Waals surface area contributed by atoms with E-state index in [-0.39, 0.29) is 23.1 Å². The molecule has 0 aliphatic rings. The summed E-state index contributed by atoms with van der Waals surface area (Å²) in [5.41, 5.74) is 2.56. The number of carbonyl (C=O) groups is 1. The number of amides is 1. The lowest BCUT2D eigenvalue weighted by molar-refractivity contribution is 0.0933. The number of nitrogens with zero attached hydrogens (tertiary/aromatic N) is 1. The molecule has 2 N–H and O–H groups in total. The van der Waals surface area contributed by atoms with Gasteiger partial charge in [-0.25, -0.2) is 0 Å². The predicted octanol–water partition coefficient (Wildman–Crippen LogP) is 1.88. The number of aromatic amines is 1. The third kappa shape index (κ3) is 3.12. The molecule has 2 aromatic heterocycles. The van der Waals surface area contributed by atoms with Crippen molar-refractivity contribution in [3.8, 4) is 0 Å². The maximum absolute atomic E-state index is 12.1. The highest BCUT2D eigenvalue weighted by atomic mass is 16.2. The fourth-order valence-electron chi connectivity index (χ4n) is 2.10. The van der Waals surface area contributed by atoms with E-state index < -0.39 is 0 Å². The van der Waals surface area contributed by atoms with E-state index in [9.17, 15) is 9.59 Å². The summed E-state index contributed by atoms with van der Waals surface area (Å²) in [4.78, 5) is 30.7. The van der Waals surface area contributed by atoms with E-state index in [2.05, 4.69) is 15.3 Å². The largest absolute Gasteiger partial charge is 0.354 e. The molecule has 2 rings (SSSR count). The molecule has 2 heterocycles.